The molecule has 1 atom stereocenters. The van der Waals surface area contributed by atoms with Gasteiger partial charge in [-0.1, -0.05) is 12.1 Å². The molecule has 2 fully saturated rings. The van der Waals surface area contributed by atoms with Crippen LogP contribution in [0.15, 0.2) is 24.3 Å². The molecule has 2 aliphatic heterocycles. The minimum Gasteiger partial charge on any atom is -0.484 e. The lowest BCUT2D eigenvalue weighted by Crippen LogP contribution is -2.51. The molecule has 1 unspecified atom stereocenters. The molecule has 0 spiro atoms. The van der Waals surface area contributed by atoms with E-state index >= 15 is 0 Å². The summed E-state index contributed by atoms with van der Waals surface area (Å²) in [4.78, 5) is 17.3. The molecule has 1 aromatic rings. The summed E-state index contributed by atoms with van der Waals surface area (Å²) in [6.45, 7) is 7.43. The molecule has 2 aliphatic rings. The summed E-state index contributed by atoms with van der Waals surface area (Å²) in [5.41, 5.74) is 1.14. The van der Waals surface area contributed by atoms with E-state index in [9.17, 15) is 4.79 Å². The van der Waals surface area contributed by atoms with Crippen LogP contribution in [0.25, 0.3) is 0 Å². The van der Waals surface area contributed by atoms with Crippen LogP contribution in [0.4, 0.5) is 0 Å². The number of rotatable bonds is 5. The average molecular weight is 365 g/mol. The van der Waals surface area contributed by atoms with Gasteiger partial charge in [-0.05, 0) is 36.8 Å². The first kappa shape index (κ1) is 18.5. The second-order valence-electron chi connectivity index (χ2n) is 6.69. The predicted octanol–water partition coefficient (Wildman–Crippen LogP) is 2.04. The van der Waals surface area contributed by atoms with Crippen LogP contribution in [-0.2, 0) is 9.53 Å². The van der Waals surface area contributed by atoms with Gasteiger partial charge in [0.05, 0.1) is 19.3 Å². The Morgan fingerprint density at radius 2 is 2.16 bits per heavy atom. The van der Waals surface area contributed by atoms with Gasteiger partial charge in [0, 0.05) is 31.9 Å². The van der Waals surface area contributed by atoms with Crippen LogP contribution in [0.5, 0.6) is 5.75 Å². The quantitative estimate of drug-likeness (QED) is 0.800. The number of benzene rings is 1. The zero-order valence-corrected chi connectivity index (χ0v) is 15.8. The lowest BCUT2D eigenvalue weighted by Gasteiger charge is -2.35. The van der Waals surface area contributed by atoms with Gasteiger partial charge in [-0.25, -0.2) is 0 Å². The third-order valence-electron chi connectivity index (χ3n) is 4.68. The van der Waals surface area contributed by atoms with Crippen molar-refractivity contribution in [3.05, 3.63) is 29.8 Å². The molecular formula is C19H28N2O3S. The van der Waals surface area contributed by atoms with Gasteiger partial charge in [0.1, 0.15) is 5.75 Å². The highest BCUT2D eigenvalue weighted by molar-refractivity contribution is 7.99. The van der Waals surface area contributed by atoms with E-state index < -0.39 is 0 Å². The van der Waals surface area contributed by atoms with Crippen LogP contribution in [0.2, 0.25) is 0 Å². The van der Waals surface area contributed by atoms with E-state index in [4.69, 9.17) is 9.47 Å². The topological polar surface area (TPSA) is 42.0 Å². The molecule has 2 saturated heterocycles. The van der Waals surface area contributed by atoms with E-state index in [0.717, 1.165) is 68.6 Å². The lowest BCUT2D eigenvalue weighted by molar-refractivity contribution is -0.135. The van der Waals surface area contributed by atoms with Gasteiger partial charge in [0.25, 0.3) is 5.91 Å². The zero-order chi connectivity index (χ0) is 17.5. The molecule has 6 heteroatoms. The fourth-order valence-corrected chi connectivity index (χ4v) is 4.38. The Bertz CT molecular complexity index is 563. The van der Waals surface area contributed by atoms with E-state index in [2.05, 4.69) is 4.90 Å². The number of hydrogen-bond donors (Lipinski definition) is 0. The predicted molar refractivity (Wildman–Crippen MR) is 101 cm³/mol. The third kappa shape index (κ3) is 5.62. The van der Waals surface area contributed by atoms with E-state index in [1.54, 1.807) is 0 Å². The molecule has 138 valence electrons. The first-order valence-electron chi connectivity index (χ1n) is 9.09. The summed E-state index contributed by atoms with van der Waals surface area (Å²) in [5.74, 6) is 3.00. The molecule has 5 nitrogen and oxygen atoms in total. The van der Waals surface area contributed by atoms with Gasteiger partial charge >= 0.3 is 0 Å². The molecule has 0 radical (unpaired) electrons. The van der Waals surface area contributed by atoms with Crippen LogP contribution < -0.4 is 4.74 Å². The molecule has 0 N–H and O–H groups in total. The summed E-state index contributed by atoms with van der Waals surface area (Å²) >= 11 is 1.96. The Labute approximate surface area is 154 Å². The largest absolute Gasteiger partial charge is 0.484 e. The van der Waals surface area contributed by atoms with E-state index in [-0.39, 0.29) is 18.6 Å². The van der Waals surface area contributed by atoms with Crippen molar-refractivity contribution in [1.82, 2.24) is 9.80 Å². The molecule has 3 rings (SSSR count). The van der Waals surface area contributed by atoms with Crippen molar-refractivity contribution in [2.24, 2.45) is 0 Å². The Balaban J connectivity index is 1.58. The first-order chi connectivity index (χ1) is 12.2. The van der Waals surface area contributed by atoms with E-state index in [0.29, 0.717) is 0 Å². The molecule has 0 bridgehead atoms. The third-order valence-corrected chi connectivity index (χ3v) is 5.88. The average Bonchev–Trinajstić information content (AvgIpc) is 2.86. The molecule has 25 heavy (non-hydrogen) atoms. The van der Waals surface area contributed by atoms with E-state index in [1.165, 1.54) is 0 Å². The van der Waals surface area contributed by atoms with Crippen molar-refractivity contribution in [3.8, 4) is 5.75 Å². The summed E-state index contributed by atoms with van der Waals surface area (Å²) < 4.78 is 11.2. The number of carbonyl (C=O) groups excluding carboxylic acids is 1. The number of aryl methyl sites for hydroxylation is 1. The summed E-state index contributed by atoms with van der Waals surface area (Å²) in [7, 11) is 0. The number of ether oxygens (including phenoxy) is 2. The van der Waals surface area contributed by atoms with Crippen molar-refractivity contribution in [2.45, 2.75) is 19.4 Å². The molecule has 1 amide bonds. The van der Waals surface area contributed by atoms with Gasteiger partial charge in [-0.15, -0.1) is 0 Å². The number of nitrogens with zero attached hydrogens (tertiary/aromatic N) is 2. The van der Waals surface area contributed by atoms with Crippen LogP contribution in [0.3, 0.4) is 0 Å². The van der Waals surface area contributed by atoms with Crippen molar-refractivity contribution in [2.75, 3.05) is 57.5 Å². The number of carbonyl (C=O) groups is 1. The molecular weight excluding hydrogens is 336 g/mol. The second-order valence-corrected chi connectivity index (χ2v) is 7.84. The Hall–Kier alpha value is -1.24. The maximum atomic E-state index is 12.8. The van der Waals surface area contributed by atoms with Crippen molar-refractivity contribution < 1.29 is 14.3 Å². The minimum absolute atomic E-state index is 0.0993. The zero-order valence-electron chi connectivity index (χ0n) is 15.0. The second kappa shape index (κ2) is 9.46. The lowest BCUT2D eigenvalue weighted by atomic mass is 10.2. The number of morpholine rings is 1. The highest BCUT2D eigenvalue weighted by Gasteiger charge is 2.28. The summed E-state index contributed by atoms with van der Waals surface area (Å²) in [5, 5.41) is 0. The van der Waals surface area contributed by atoms with Crippen LogP contribution in [0.1, 0.15) is 12.0 Å². The number of thioether (sulfide) groups is 1. The van der Waals surface area contributed by atoms with Crippen molar-refractivity contribution in [3.63, 3.8) is 0 Å². The van der Waals surface area contributed by atoms with Crippen molar-refractivity contribution >= 4 is 17.7 Å². The van der Waals surface area contributed by atoms with Crippen LogP contribution in [-0.4, -0.2) is 79.3 Å². The van der Waals surface area contributed by atoms with Crippen molar-refractivity contribution in [1.29, 1.82) is 0 Å². The normalized spacial score (nSPS) is 22.4. The van der Waals surface area contributed by atoms with Gasteiger partial charge in [0.2, 0.25) is 0 Å². The minimum atomic E-state index is 0.0993. The fraction of sp³-hybridized carbons (Fsp3) is 0.632. The summed E-state index contributed by atoms with van der Waals surface area (Å²) in [6, 6.07) is 8.12. The van der Waals surface area contributed by atoms with Gasteiger partial charge in [0.15, 0.2) is 6.61 Å². The highest BCUT2D eigenvalue weighted by Crippen LogP contribution is 2.19. The van der Waals surface area contributed by atoms with E-state index in [1.807, 2.05) is 47.9 Å². The van der Waals surface area contributed by atoms with Crippen LogP contribution in [0, 0.1) is 6.92 Å². The number of amides is 1. The van der Waals surface area contributed by atoms with Gasteiger partial charge in [-0.2, -0.15) is 11.8 Å². The molecule has 0 aromatic heterocycles. The van der Waals surface area contributed by atoms with Gasteiger partial charge in [-0.3, -0.25) is 9.69 Å². The molecule has 0 aliphatic carbocycles. The smallest absolute Gasteiger partial charge is 0.260 e. The van der Waals surface area contributed by atoms with Crippen LogP contribution >= 0.6 is 11.8 Å². The molecule has 1 aromatic carbocycles. The standard InChI is InChI=1S/C19H28N2O3S/c1-16-4-2-5-18(12-16)24-14-19(22)21-6-3-11-25-15-17(21)13-20-7-9-23-10-8-20/h2,4-5,12,17H,3,6-11,13-15H2,1H3. The summed E-state index contributed by atoms with van der Waals surface area (Å²) in [6.07, 6.45) is 1.06. The maximum Gasteiger partial charge on any atom is 0.260 e. The fourth-order valence-electron chi connectivity index (χ4n) is 3.32. The number of hydrogen-bond acceptors (Lipinski definition) is 5. The monoisotopic (exact) mass is 364 g/mol. The molecule has 2 heterocycles. The first-order valence-corrected chi connectivity index (χ1v) is 10.2. The van der Waals surface area contributed by atoms with Gasteiger partial charge < -0.3 is 14.4 Å². The SMILES string of the molecule is Cc1cccc(OCC(=O)N2CCCSCC2CN2CCOCC2)c1. The Morgan fingerprint density at radius 3 is 2.96 bits per heavy atom. The molecule has 0 saturated carbocycles. The Kier molecular flexibility index (Phi) is 7.02. The Morgan fingerprint density at radius 1 is 1.32 bits per heavy atom. The highest BCUT2D eigenvalue weighted by atomic mass is 32.2. The maximum absolute atomic E-state index is 12.8.